The van der Waals surface area contributed by atoms with Crippen molar-refractivity contribution >= 4 is 38.9 Å². The number of para-hydroxylation sites is 1. The lowest BCUT2D eigenvalue weighted by Gasteiger charge is -2.23. The Hall–Kier alpha value is -3.81. The van der Waals surface area contributed by atoms with Crippen LogP contribution in [-0.4, -0.2) is 20.6 Å². The summed E-state index contributed by atoms with van der Waals surface area (Å²) in [6.45, 7) is 0.152. The zero-order valence-electron chi connectivity index (χ0n) is 18.9. The maximum atomic E-state index is 12.7. The molecule has 0 saturated heterocycles. The maximum Gasteiger partial charge on any atom is 0.255 e. The van der Waals surface area contributed by atoms with Crippen LogP contribution in [0.5, 0.6) is 11.5 Å². The summed E-state index contributed by atoms with van der Waals surface area (Å²) in [7, 11) is -3.55. The Kier molecular flexibility index (Phi) is 7.39. The molecule has 0 bridgehead atoms. The molecule has 1 N–H and O–H groups in total. The molecule has 0 aliphatic heterocycles. The van der Waals surface area contributed by atoms with E-state index in [4.69, 9.17) is 16.3 Å². The molecule has 35 heavy (non-hydrogen) atoms. The third-order valence-corrected chi connectivity index (χ3v) is 6.54. The van der Waals surface area contributed by atoms with Crippen molar-refractivity contribution in [2.24, 2.45) is 0 Å². The van der Waals surface area contributed by atoms with Crippen LogP contribution in [0.2, 0.25) is 5.02 Å². The van der Waals surface area contributed by atoms with Crippen LogP contribution in [0.4, 0.5) is 11.4 Å². The number of nitrogens with one attached hydrogen (secondary N) is 1. The lowest BCUT2D eigenvalue weighted by molar-refractivity contribution is 0.102. The number of halogens is 1. The molecule has 0 saturated carbocycles. The van der Waals surface area contributed by atoms with Crippen LogP contribution in [0.15, 0.2) is 103 Å². The molecule has 0 spiro atoms. The van der Waals surface area contributed by atoms with Crippen LogP contribution in [0.3, 0.4) is 0 Å². The lowest BCUT2D eigenvalue weighted by Crippen LogP contribution is -2.29. The van der Waals surface area contributed by atoms with E-state index >= 15 is 0 Å². The van der Waals surface area contributed by atoms with Crippen LogP contribution >= 0.6 is 11.6 Å². The molecule has 178 valence electrons. The van der Waals surface area contributed by atoms with E-state index in [2.05, 4.69) is 5.32 Å². The fourth-order valence-corrected chi connectivity index (χ4v) is 4.38. The van der Waals surface area contributed by atoms with E-state index in [1.807, 2.05) is 30.3 Å². The molecule has 0 fully saturated rings. The average Bonchev–Trinajstić information content (AvgIpc) is 2.85. The van der Waals surface area contributed by atoms with Crippen molar-refractivity contribution in [1.29, 1.82) is 0 Å². The van der Waals surface area contributed by atoms with Crippen LogP contribution in [0.25, 0.3) is 0 Å². The number of benzene rings is 4. The zero-order valence-corrected chi connectivity index (χ0v) is 20.5. The average molecular weight is 507 g/mol. The van der Waals surface area contributed by atoms with Gasteiger partial charge in [0.2, 0.25) is 10.0 Å². The Morgan fingerprint density at radius 1 is 0.829 bits per heavy atom. The topological polar surface area (TPSA) is 75.7 Å². The molecule has 0 unspecified atom stereocenters. The quantitative estimate of drug-likeness (QED) is 0.302. The van der Waals surface area contributed by atoms with Gasteiger partial charge >= 0.3 is 0 Å². The van der Waals surface area contributed by atoms with Gasteiger partial charge in [0, 0.05) is 16.3 Å². The van der Waals surface area contributed by atoms with Crippen molar-refractivity contribution in [1.82, 2.24) is 0 Å². The molecule has 4 aromatic carbocycles. The fourth-order valence-electron chi connectivity index (χ4n) is 3.37. The van der Waals surface area contributed by atoms with Gasteiger partial charge in [-0.1, -0.05) is 41.9 Å². The molecule has 6 nitrogen and oxygen atoms in total. The first-order valence-electron chi connectivity index (χ1n) is 10.7. The van der Waals surface area contributed by atoms with Crippen LogP contribution in [-0.2, 0) is 16.6 Å². The van der Waals surface area contributed by atoms with Gasteiger partial charge in [0.05, 0.1) is 18.5 Å². The SMILES string of the molecule is CS(=O)(=O)N(Cc1ccc(Cl)cc1)c1ccc(C(=O)Nc2ccc(Oc3ccccc3)cc2)cc1. The summed E-state index contributed by atoms with van der Waals surface area (Å²) in [6.07, 6.45) is 1.15. The minimum absolute atomic E-state index is 0.152. The summed E-state index contributed by atoms with van der Waals surface area (Å²) in [5, 5.41) is 3.41. The van der Waals surface area contributed by atoms with Crippen LogP contribution in [0.1, 0.15) is 15.9 Å². The standard InChI is InChI=1S/C27H23ClN2O4S/c1-35(32,33)30(19-20-7-11-22(28)12-8-20)24-15-9-21(10-16-24)27(31)29-23-13-17-26(18-14-23)34-25-5-3-2-4-6-25/h2-18H,19H2,1H3,(H,29,31). The Bertz CT molecular complexity index is 1390. The number of rotatable bonds is 8. The van der Waals surface area contributed by atoms with Gasteiger partial charge in [-0.3, -0.25) is 9.10 Å². The second kappa shape index (κ2) is 10.6. The number of ether oxygens (including phenoxy) is 1. The van der Waals surface area contributed by atoms with Gasteiger partial charge in [0.1, 0.15) is 11.5 Å². The first-order valence-corrected chi connectivity index (χ1v) is 13.0. The molecule has 4 aromatic rings. The molecular formula is C27H23ClN2O4S. The van der Waals surface area contributed by atoms with Crippen molar-refractivity contribution in [2.45, 2.75) is 6.54 Å². The van der Waals surface area contributed by atoms with E-state index in [9.17, 15) is 13.2 Å². The summed E-state index contributed by atoms with van der Waals surface area (Å²) in [5.41, 5.74) is 2.26. The lowest BCUT2D eigenvalue weighted by atomic mass is 10.1. The fraction of sp³-hybridized carbons (Fsp3) is 0.0741. The second-order valence-corrected chi connectivity index (χ2v) is 10.2. The van der Waals surface area contributed by atoms with Crippen molar-refractivity contribution in [2.75, 3.05) is 15.9 Å². The molecule has 4 rings (SSSR count). The smallest absolute Gasteiger partial charge is 0.255 e. The Balaban J connectivity index is 1.43. The zero-order chi connectivity index (χ0) is 24.8. The predicted molar refractivity (Wildman–Crippen MR) is 140 cm³/mol. The third kappa shape index (κ3) is 6.62. The molecule has 1 amide bonds. The highest BCUT2D eigenvalue weighted by Crippen LogP contribution is 2.24. The monoisotopic (exact) mass is 506 g/mol. The number of carbonyl (C=O) groups excluding carboxylic acids is 1. The van der Waals surface area contributed by atoms with E-state index in [-0.39, 0.29) is 12.5 Å². The van der Waals surface area contributed by atoms with Gasteiger partial charge in [-0.05, 0) is 78.4 Å². The maximum absolute atomic E-state index is 12.7. The minimum Gasteiger partial charge on any atom is -0.457 e. The van der Waals surface area contributed by atoms with E-state index in [1.165, 1.54) is 4.31 Å². The summed E-state index contributed by atoms with van der Waals surface area (Å²) in [5.74, 6) is 1.07. The number of sulfonamides is 1. The van der Waals surface area contributed by atoms with Gasteiger partial charge in [0.15, 0.2) is 0 Å². The normalized spacial score (nSPS) is 11.0. The van der Waals surface area contributed by atoms with Crippen LogP contribution < -0.4 is 14.4 Å². The molecule has 8 heteroatoms. The minimum atomic E-state index is -3.55. The van der Waals surface area contributed by atoms with E-state index < -0.39 is 10.0 Å². The Morgan fingerprint density at radius 2 is 1.43 bits per heavy atom. The molecular weight excluding hydrogens is 484 g/mol. The number of anilines is 2. The molecule has 0 radical (unpaired) electrons. The van der Waals surface area contributed by atoms with Crippen molar-refractivity contribution < 1.29 is 17.9 Å². The highest BCUT2D eigenvalue weighted by Gasteiger charge is 2.18. The third-order valence-electron chi connectivity index (χ3n) is 5.15. The second-order valence-electron chi connectivity index (χ2n) is 7.84. The molecule has 0 aliphatic carbocycles. The molecule has 0 aromatic heterocycles. The predicted octanol–water partition coefficient (Wildman–Crippen LogP) is 6.35. The summed E-state index contributed by atoms with van der Waals surface area (Å²) < 4.78 is 31.9. The van der Waals surface area contributed by atoms with Crippen molar-refractivity contribution in [3.05, 3.63) is 119 Å². The van der Waals surface area contributed by atoms with Gasteiger partial charge in [-0.15, -0.1) is 0 Å². The van der Waals surface area contributed by atoms with Crippen molar-refractivity contribution in [3.8, 4) is 11.5 Å². The molecule has 0 aliphatic rings. The van der Waals surface area contributed by atoms with E-state index in [0.717, 1.165) is 17.6 Å². The number of nitrogens with zero attached hydrogens (tertiary/aromatic N) is 1. The summed E-state index contributed by atoms with van der Waals surface area (Å²) >= 11 is 5.92. The van der Waals surface area contributed by atoms with E-state index in [0.29, 0.717) is 27.7 Å². The Morgan fingerprint density at radius 3 is 2.03 bits per heavy atom. The number of carbonyl (C=O) groups is 1. The number of hydrogen-bond acceptors (Lipinski definition) is 4. The summed E-state index contributed by atoms with van der Waals surface area (Å²) in [4.78, 5) is 12.7. The van der Waals surface area contributed by atoms with Gasteiger partial charge in [-0.2, -0.15) is 0 Å². The van der Waals surface area contributed by atoms with Gasteiger partial charge in [-0.25, -0.2) is 8.42 Å². The first kappa shape index (κ1) is 24.3. The highest BCUT2D eigenvalue weighted by atomic mass is 35.5. The first-order chi connectivity index (χ1) is 16.8. The van der Waals surface area contributed by atoms with Crippen LogP contribution in [0, 0.1) is 0 Å². The van der Waals surface area contributed by atoms with Gasteiger partial charge < -0.3 is 10.1 Å². The molecule has 0 atom stereocenters. The Labute approximate surface area is 209 Å². The van der Waals surface area contributed by atoms with Gasteiger partial charge in [0.25, 0.3) is 5.91 Å². The van der Waals surface area contributed by atoms with Crippen molar-refractivity contribution in [3.63, 3.8) is 0 Å². The number of amides is 1. The largest absolute Gasteiger partial charge is 0.457 e. The highest BCUT2D eigenvalue weighted by molar-refractivity contribution is 7.92. The molecule has 0 heterocycles. The van der Waals surface area contributed by atoms with E-state index in [1.54, 1.807) is 72.8 Å². The number of hydrogen-bond donors (Lipinski definition) is 1. The summed E-state index contributed by atoms with van der Waals surface area (Å²) in [6, 6.07) is 29.9.